The molecule has 32 heavy (non-hydrogen) atoms. The molecule has 0 saturated heterocycles. The minimum Gasteiger partial charge on any atom is -0.465 e. The molecule has 0 bridgehead atoms. The Kier molecular flexibility index (Phi) is 4.35. The Labute approximate surface area is 185 Å². The van der Waals surface area contributed by atoms with Crippen LogP contribution in [-0.4, -0.2) is 27.0 Å². The minimum atomic E-state index is -0.360. The number of carbonyl (C=O) groups is 1. The number of carbonyl (C=O) groups excluding carboxylic acids is 1. The molecule has 2 aromatic carbocycles. The molecule has 1 saturated carbocycles. The van der Waals surface area contributed by atoms with E-state index in [1.807, 2.05) is 24.4 Å². The molecule has 1 aliphatic carbocycles. The Morgan fingerprint density at radius 2 is 1.81 bits per heavy atom. The van der Waals surface area contributed by atoms with Crippen LogP contribution in [0.2, 0.25) is 0 Å². The number of para-hydroxylation sites is 1. The highest BCUT2D eigenvalue weighted by molar-refractivity contribution is 5.93. The molecule has 0 radical (unpaired) electrons. The van der Waals surface area contributed by atoms with Crippen LogP contribution in [0.4, 0.5) is 0 Å². The fourth-order valence-corrected chi connectivity index (χ4v) is 4.50. The van der Waals surface area contributed by atoms with Crippen molar-refractivity contribution in [3.63, 3.8) is 0 Å². The third-order valence-corrected chi connectivity index (χ3v) is 6.29. The highest BCUT2D eigenvalue weighted by Gasteiger charge is 2.26. The molecule has 5 nitrogen and oxygen atoms in total. The zero-order valence-electron chi connectivity index (χ0n) is 17.9. The van der Waals surface area contributed by atoms with Crippen molar-refractivity contribution in [2.45, 2.75) is 19.4 Å². The van der Waals surface area contributed by atoms with Gasteiger partial charge in [-0.3, -0.25) is 4.40 Å². The number of hydrogen-bond acceptors (Lipinski definition) is 3. The number of nitrogens with zero attached hydrogens (tertiary/aromatic N) is 3. The van der Waals surface area contributed by atoms with Gasteiger partial charge in [-0.2, -0.15) is 0 Å². The van der Waals surface area contributed by atoms with Crippen molar-refractivity contribution >= 4 is 22.5 Å². The standard InChI is InChI=1S/C27H23N3O2/c1-32-27(31)21-13-14-29-24(16-21)28-25(26(29)19-7-3-2-4-8-19)23-15-20-9-5-6-10-22(20)30(23)17-18-11-12-18/h2-10,13-16,18H,11-12,17H2,1H3. The van der Waals surface area contributed by atoms with E-state index >= 15 is 0 Å². The highest BCUT2D eigenvalue weighted by Crippen LogP contribution is 2.39. The number of rotatable bonds is 5. The van der Waals surface area contributed by atoms with Crippen molar-refractivity contribution in [1.29, 1.82) is 0 Å². The quantitative estimate of drug-likeness (QED) is 0.336. The predicted octanol–water partition coefficient (Wildman–Crippen LogP) is 5.82. The van der Waals surface area contributed by atoms with E-state index in [4.69, 9.17) is 9.72 Å². The molecule has 3 heterocycles. The van der Waals surface area contributed by atoms with E-state index in [1.54, 1.807) is 12.1 Å². The van der Waals surface area contributed by atoms with Gasteiger partial charge in [0.1, 0.15) is 11.3 Å². The Bertz CT molecular complexity index is 1460. The summed E-state index contributed by atoms with van der Waals surface area (Å²) in [5.74, 6) is 0.369. The molecule has 0 N–H and O–H groups in total. The average Bonchev–Trinajstić information content (AvgIpc) is 3.47. The van der Waals surface area contributed by atoms with Crippen LogP contribution < -0.4 is 0 Å². The maximum atomic E-state index is 12.1. The molecule has 1 aliphatic rings. The van der Waals surface area contributed by atoms with Crippen molar-refractivity contribution in [3.8, 4) is 22.6 Å². The second-order valence-corrected chi connectivity index (χ2v) is 8.45. The first kappa shape index (κ1) is 18.9. The van der Waals surface area contributed by atoms with Gasteiger partial charge >= 0.3 is 5.97 Å². The summed E-state index contributed by atoms with van der Waals surface area (Å²) in [6.07, 6.45) is 4.48. The summed E-state index contributed by atoms with van der Waals surface area (Å²) in [6.45, 7) is 0.998. The molecule has 1 fully saturated rings. The van der Waals surface area contributed by atoms with E-state index in [0.717, 1.165) is 40.8 Å². The van der Waals surface area contributed by atoms with Crippen LogP contribution in [0, 0.1) is 5.92 Å². The minimum absolute atomic E-state index is 0.360. The van der Waals surface area contributed by atoms with Gasteiger partial charge in [0.05, 0.1) is 24.1 Å². The van der Waals surface area contributed by atoms with Crippen molar-refractivity contribution in [3.05, 3.63) is 84.6 Å². The number of benzene rings is 2. The second-order valence-electron chi connectivity index (χ2n) is 8.45. The molecule has 0 atom stereocenters. The van der Waals surface area contributed by atoms with Gasteiger partial charge in [0, 0.05) is 29.2 Å². The Morgan fingerprint density at radius 1 is 1.03 bits per heavy atom. The number of pyridine rings is 1. The molecule has 0 unspecified atom stereocenters. The van der Waals surface area contributed by atoms with Gasteiger partial charge in [-0.1, -0.05) is 48.5 Å². The number of aromatic nitrogens is 3. The highest BCUT2D eigenvalue weighted by atomic mass is 16.5. The lowest BCUT2D eigenvalue weighted by Crippen LogP contribution is -2.02. The predicted molar refractivity (Wildman–Crippen MR) is 126 cm³/mol. The summed E-state index contributed by atoms with van der Waals surface area (Å²) in [5.41, 5.74) is 6.61. The normalized spacial score (nSPS) is 13.7. The van der Waals surface area contributed by atoms with Crippen LogP contribution >= 0.6 is 0 Å². The van der Waals surface area contributed by atoms with Gasteiger partial charge in [0.2, 0.25) is 0 Å². The number of ether oxygens (including phenoxy) is 1. The first-order valence-electron chi connectivity index (χ1n) is 11.0. The van der Waals surface area contributed by atoms with Gasteiger partial charge in [-0.05, 0) is 43.0 Å². The molecular formula is C27H23N3O2. The third-order valence-electron chi connectivity index (χ3n) is 6.29. The molecule has 6 rings (SSSR count). The van der Waals surface area contributed by atoms with E-state index in [0.29, 0.717) is 5.56 Å². The molecule has 3 aromatic heterocycles. The number of imidazole rings is 1. The van der Waals surface area contributed by atoms with Gasteiger partial charge in [0.25, 0.3) is 0 Å². The van der Waals surface area contributed by atoms with E-state index in [1.165, 1.54) is 30.9 Å². The van der Waals surface area contributed by atoms with Crippen LogP contribution in [0.25, 0.3) is 39.2 Å². The van der Waals surface area contributed by atoms with Crippen LogP contribution in [0.15, 0.2) is 79.0 Å². The van der Waals surface area contributed by atoms with E-state index in [2.05, 4.69) is 51.4 Å². The molecule has 0 aliphatic heterocycles. The fraction of sp³-hybridized carbons (Fsp3) is 0.185. The van der Waals surface area contributed by atoms with Crippen LogP contribution in [0.1, 0.15) is 23.2 Å². The summed E-state index contributed by atoms with van der Waals surface area (Å²) in [5, 5.41) is 1.22. The van der Waals surface area contributed by atoms with Gasteiger partial charge in [-0.15, -0.1) is 0 Å². The van der Waals surface area contributed by atoms with E-state index in [-0.39, 0.29) is 5.97 Å². The lowest BCUT2D eigenvalue weighted by molar-refractivity contribution is 0.0600. The largest absolute Gasteiger partial charge is 0.465 e. The van der Waals surface area contributed by atoms with E-state index < -0.39 is 0 Å². The Balaban J connectivity index is 1.64. The smallest absolute Gasteiger partial charge is 0.338 e. The zero-order chi connectivity index (χ0) is 21.7. The summed E-state index contributed by atoms with van der Waals surface area (Å²) < 4.78 is 9.41. The summed E-state index contributed by atoms with van der Waals surface area (Å²) in [7, 11) is 1.40. The molecule has 0 spiro atoms. The summed E-state index contributed by atoms with van der Waals surface area (Å²) >= 11 is 0. The maximum absolute atomic E-state index is 12.1. The first-order valence-corrected chi connectivity index (χ1v) is 11.0. The zero-order valence-corrected chi connectivity index (χ0v) is 17.9. The summed E-state index contributed by atoms with van der Waals surface area (Å²) in [4.78, 5) is 17.2. The number of esters is 1. The van der Waals surface area contributed by atoms with Crippen molar-refractivity contribution in [2.75, 3.05) is 7.11 Å². The van der Waals surface area contributed by atoms with Crippen LogP contribution in [0.3, 0.4) is 0 Å². The second kappa shape index (κ2) is 7.38. The molecular weight excluding hydrogens is 398 g/mol. The van der Waals surface area contributed by atoms with Gasteiger partial charge < -0.3 is 9.30 Å². The van der Waals surface area contributed by atoms with Crippen LogP contribution in [-0.2, 0) is 11.3 Å². The average molecular weight is 422 g/mol. The maximum Gasteiger partial charge on any atom is 0.338 e. The van der Waals surface area contributed by atoms with Crippen LogP contribution in [0.5, 0.6) is 0 Å². The molecule has 5 heteroatoms. The van der Waals surface area contributed by atoms with Gasteiger partial charge in [0.15, 0.2) is 0 Å². The van der Waals surface area contributed by atoms with Crippen molar-refractivity contribution in [1.82, 2.24) is 14.0 Å². The molecule has 0 amide bonds. The molecule has 158 valence electrons. The third kappa shape index (κ3) is 3.09. The van der Waals surface area contributed by atoms with Crippen molar-refractivity contribution < 1.29 is 9.53 Å². The monoisotopic (exact) mass is 421 g/mol. The Morgan fingerprint density at radius 3 is 2.59 bits per heavy atom. The lowest BCUT2D eigenvalue weighted by atomic mass is 10.1. The molecule has 5 aromatic rings. The number of fused-ring (bicyclic) bond motifs is 2. The lowest BCUT2D eigenvalue weighted by Gasteiger charge is -2.11. The topological polar surface area (TPSA) is 48.5 Å². The first-order chi connectivity index (χ1) is 15.7. The Hall–Kier alpha value is -3.86. The van der Waals surface area contributed by atoms with Gasteiger partial charge in [-0.25, -0.2) is 9.78 Å². The fourth-order valence-electron chi connectivity index (χ4n) is 4.50. The number of methoxy groups -OCH3 is 1. The summed E-state index contributed by atoms with van der Waals surface area (Å²) in [6, 6.07) is 24.7. The van der Waals surface area contributed by atoms with E-state index in [9.17, 15) is 4.79 Å². The number of hydrogen-bond donors (Lipinski definition) is 0. The van der Waals surface area contributed by atoms with Crippen molar-refractivity contribution in [2.24, 2.45) is 5.92 Å². The SMILES string of the molecule is COC(=O)c1ccn2c(-c3ccccc3)c(-c3cc4ccccc4n3CC3CC3)nc2c1.